The van der Waals surface area contributed by atoms with Crippen molar-refractivity contribution >= 4 is 48.9 Å². The molecule has 1 aromatic heterocycles. The molecular formula is C24H25ClN4O5S2. The number of amides is 1. The van der Waals surface area contributed by atoms with Gasteiger partial charge in [0.15, 0.2) is 0 Å². The number of benzene rings is 2. The molecule has 1 aliphatic heterocycles. The van der Waals surface area contributed by atoms with E-state index in [1.54, 1.807) is 12.1 Å². The summed E-state index contributed by atoms with van der Waals surface area (Å²) >= 11 is 6.21. The Kier molecular flexibility index (Phi) is 7.65. The van der Waals surface area contributed by atoms with Crippen molar-refractivity contribution in [3.8, 4) is 0 Å². The van der Waals surface area contributed by atoms with Gasteiger partial charge in [0.2, 0.25) is 10.0 Å². The number of nitrogens with zero attached hydrogens (tertiary/aromatic N) is 2. The fraction of sp³-hybridized carbons (Fsp3) is 0.250. The molecule has 2 aromatic carbocycles. The topological polar surface area (TPSA) is 126 Å². The summed E-state index contributed by atoms with van der Waals surface area (Å²) in [4.78, 5) is 16.8. The monoisotopic (exact) mass is 548 g/mol. The molecule has 3 aromatic rings. The minimum atomic E-state index is -3.85. The number of hydrogen-bond donors (Lipinski definition) is 2. The number of carbonyl (C=O) groups excluding carboxylic acids is 1. The number of hydrogen-bond acceptors (Lipinski definition) is 6. The highest BCUT2D eigenvalue weighted by molar-refractivity contribution is 7.92. The van der Waals surface area contributed by atoms with Crippen molar-refractivity contribution in [2.45, 2.75) is 29.6 Å². The molecule has 0 saturated carbocycles. The molecule has 0 atom stereocenters. The van der Waals surface area contributed by atoms with E-state index in [0.717, 1.165) is 12.8 Å². The van der Waals surface area contributed by atoms with Crippen molar-refractivity contribution in [2.24, 2.45) is 5.92 Å². The number of aromatic nitrogens is 1. The van der Waals surface area contributed by atoms with Gasteiger partial charge in [0.1, 0.15) is 0 Å². The molecule has 1 aliphatic rings. The van der Waals surface area contributed by atoms with Gasteiger partial charge in [-0.2, -0.15) is 4.31 Å². The molecule has 2 heterocycles. The second-order valence-corrected chi connectivity index (χ2v) is 12.6. The van der Waals surface area contributed by atoms with Gasteiger partial charge < -0.3 is 5.32 Å². The molecule has 0 unspecified atom stereocenters. The maximum atomic E-state index is 13.1. The van der Waals surface area contributed by atoms with Crippen molar-refractivity contribution in [3.63, 3.8) is 0 Å². The summed E-state index contributed by atoms with van der Waals surface area (Å²) < 4.78 is 55.2. The van der Waals surface area contributed by atoms with Crippen molar-refractivity contribution in [1.82, 2.24) is 9.29 Å². The molecular weight excluding hydrogens is 524 g/mol. The summed E-state index contributed by atoms with van der Waals surface area (Å²) in [6.07, 6.45) is 4.48. The zero-order valence-electron chi connectivity index (χ0n) is 19.4. The molecule has 36 heavy (non-hydrogen) atoms. The number of sulfonamides is 2. The van der Waals surface area contributed by atoms with Crippen molar-refractivity contribution in [3.05, 3.63) is 77.6 Å². The van der Waals surface area contributed by atoms with Crippen molar-refractivity contribution < 1.29 is 21.6 Å². The lowest BCUT2D eigenvalue weighted by Crippen LogP contribution is -2.37. The fourth-order valence-corrected chi connectivity index (χ4v) is 6.51. The Bertz CT molecular complexity index is 1460. The Morgan fingerprint density at radius 2 is 1.64 bits per heavy atom. The quantitative estimate of drug-likeness (QED) is 0.455. The van der Waals surface area contributed by atoms with Crippen LogP contribution in [-0.2, 0) is 20.0 Å². The van der Waals surface area contributed by atoms with Crippen LogP contribution in [0.5, 0.6) is 0 Å². The van der Waals surface area contributed by atoms with E-state index in [0.29, 0.717) is 30.4 Å². The second-order valence-electron chi connectivity index (χ2n) is 8.55. The minimum absolute atomic E-state index is 0.00179. The zero-order chi connectivity index (χ0) is 25.9. The minimum Gasteiger partial charge on any atom is -0.322 e. The van der Waals surface area contributed by atoms with E-state index in [-0.39, 0.29) is 20.4 Å². The van der Waals surface area contributed by atoms with E-state index in [9.17, 15) is 21.6 Å². The number of carbonyl (C=O) groups is 1. The molecule has 0 radical (unpaired) electrons. The molecule has 0 spiro atoms. The van der Waals surface area contributed by atoms with Crippen LogP contribution >= 0.6 is 11.6 Å². The van der Waals surface area contributed by atoms with Crippen LogP contribution in [0.15, 0.2) is 76.8 Å². The molecule has 4 rings (SSSR count). The van der Waals surface area contributed by atoms with Gasteiger partial charge in [0.05, 0.1) is 32.3 Å². The van der Waals surface area contributed by atoms with Crippen LogP contribution in [0, 0.1) is 5.92 Å². The number of nitrogens with one attached hydrogen (secondary N) is 2. The molecule has 1 saturated heterocycles. The third kappa shape index (κ3) is 5.86. The normalized spacial score (nSPS) is 15.4. The first kappa shape index (κ1) is 26.1. The van der Waals surface area contributed by atoms with Crippen LogP contribution < -0.4 is 10.0 Å². The van der Waals surface area contributed by atoms with Crippen LogP contribution in [0.1, 0.15) is 30.1 Å². The first-order chi connectivity index (χ1) is 17.1. The zero-order valence-corrected chi connectivity index (χ0v) is 21.8. The average molecular weight is 549 g/mol. The Labute approximate surface area is 215 Å². The number of piperidine rings is 1. The first-order valence-electron chi connectivity index (χ1n) is 11.2. The summed E-state index contributed by atoms with van der Waals surface area (Å²) in [5.41, 5.74) is 0.631. The van der Waals surface area contributed by atoms with Gasteiger partial charge in [-0.1, -0.05) is 18.5 Å². The van der Waals surface area contributed by atoms with Gasteiger partial charge in [-0.05, 0) is 73.4 Å². The molecule has 9 nitrogen and oxygen atoms in total. The number of pyridine rings is 1. The van der Waals surface area contributed by atoms with Gasteiger partial charge in [-0.15, -0.1) is 0 Å². The SMILES string of the molecule is CC1CCN(S(=O)(=O)c2ccc(Cl)c(C(=O)Nc3ccc(S(=O)(=O)Nc4cccnc4)cc3)c2)CC1. The lowest BCUT2D eigenvalue weighted by atomic mass is 10.0. The van der Waals surface area contributed by atoms with E-state index < -0.39 is 26.0 Å². The highest BCUT2D eigenvalue weighted by atomic mass is 35.5. The summed E-state index contributed by atoms with van der Waals surface area (Å²) in [5, 5.41) is 2.73. The fourth-order valence-electron chi connectivity index (χ4n) is 3.77. The van der Waals surface area contributed by atoms with E-state index in [1.165, 1.54) is 59.2 Å². The third-order valence-electron chi connectivity index (χ3n) is 5.90. The highest BCUT2D eigenvalue weighted by Crippen LogP contribution is 2.27. The number of rotatable bonds is 7. The predicted octanol–water partition coefficient (Wildman–Crippen LogP) is 4.21. The van der Waals surface area contributed by atoms with Crippen LogP contribution in [0.2, 0.25) is 5.02 Å². The predicted molar refractivity (Wildman–Crippen MR) is 138 cm³/mol. The number of halogens is 1. The van der Waals surface area contributed by atoms with Crippen LogP contribution in [0.25, 0.3) is 0 Å². The smallest absolute Gasteiger partial charge is 0.261 e. The first-order valence-corrected chi connectivity index (χ1v) is 14.5. The maximum Gasteiger partial charge on any atom is 0.261 e. The largest absolute Gasteiger partial charge is 0.322 e. The van der Waals surface area contributed by atoms with Crippen LogP contribution in [-0.4, -0.2) is 45.1 Å². The highest BCUT2D eigenvalue weighted by Gasteiger charge is 2.29. The molecule has 190 valence electrons. The second kappa shape index (κ2) is 10.6. The van der Waals surface area contributed by atoms with Crippen molar-refractivity contribution in [2.75, 3.05) is 23.1 Å². The number of anilines is 2. The Balaban J connectivity index is 1.49. The van der Waals surface area contributed by atoms with Gasteiger partial charge in [0, 0.05) is 25.0 Å². The molecule has 1 fully saturated rings. The van der Waals surface area contributed by atoms with Crippen molar-refractivity contribution in [1.29, 1.82) is 0 Å². The summed E-state index contributed by atoms with van der Waals surface area (Å²) in [7, 11) is -7.61. The Morgan fingerprint density at radius 1 is 0.972 bits per heavy atom. The van der Waals surface area contributed by atoms with E-state index in [4.69, 9.17) is 11.6 Å². The van der Waals surface area contributed by atoms with E-state index in [2.05, 4.69) is 21.9 Å². The lowest BCUT2D eigenvalue weighted by molar-refractivity contribution is 0.102. The standard InChI is InChI=1S/C24H25ClN4O5S2/c1-17-10-13-29(14-11-17)36(33,34)21-8-9-23(25)22(15-21)24(30)27-18-4-6-20(7-5-18)35(31,32)28-19-3-2-12-26-16-19/h2-9,12,15-17,28H,10-11,13-14H2,1H3,(H,27,30). The Hall–Kier alpha value is -2.99. The third-order valence-corrected chi connectivity index (χ3v) is 9.52. The molecule has 1 amide bonds. The molecule has 0 aliphatic carbocycles. The summed E-state index contributed by atoms with van der Waals surface area (Å²) in [6, 6.07) is 12.8. The average Bonchev–Trinajstić information content (AvgIpc) is 2.85. The van der Waals surface area contributed by atoms with Gasteiger partial charge in [-0.3, -0.25) is 14.5 Å². The van der Waals surface area contributed by atoms with Gasteiger partial charge in [0.25, 0.3) is 15.9 Å². The van der Waals surface area contributed by atoms with Crippen LogP contribution in [0.3, 0.4) is 0 Å². The van der Waals surface area contributed by atoms with Crippen LogP contribution in [0.4, 0.5) is 11.4 Å². The Morgan fingerprint density at radius 3 is 2.28 bits per heavy atom. The van der Waals surface area contributed by atoms with Gasteiger partial charge >= 0.3 is 0 Å². The summed E-state index contributed by atoms with van der Waals surface area (Å²) in [5.74, 6) is -0.149. The molecule has 12 heteroatoms. The maximum absolute atomic E-state index is 13.1. The van der Waals surface area contributed by atoms with Gasteiger partial charge in [-0.25, -0.2) is 16.8 Å². The molecule has 0 bridgehead atoms. The lowest BCUT2D eigenvalue weighted by Gasteiger charge is -2.29. The van der Waals surface area contributed by atoms with E-state index in [1.807, 2.05) is 0 Å². The van der Waals surface area contributed by atoms with E-state index >= 15 is 0 Å². The molecule has 2 N–H and O–H groups in total. The summed E-state index contributed by atoms with van der Waals surface area (Å²) in [6.45, 7) is 2.95.